The third kappa shape index (κ3) is 2.56. The van der Waals surface area contributed by atoms with Gasteiger partial charge in [0.1, 0.15) is 0 Å². The van der Waals surface area contributed by atoms with Gasteiger partial charge >= 0.3 is 0 Å². The second kappa shape index (κ2) is 4.88. The van der Waals surface area contributed by atoms with E-state index in [0.29, 0.717) is 0 Å². The number of anilines is 1. The first-order valence-electron chi connectivity index (χ1n) is 6.32. The van der Waals surface area contributed by atoms with Crippen LogP contribution < -0.4 is 10.6 Å². The minimum Gasteiger partial charge on any atom is -0.369 e. The molecule has 1 saturated carbocycles. The zero-order chi connectivity index (χ0) is 11.5. The molecule has 2 heteroatoms. The fourth-order valence-electron chi connectivity index (χ4n) is 2.32. The quantitative estimate of drug-likeness (QED) is 0.823. The first-order valence-corrected chi connectivity index (χ1v) is 6.32. The highest BCUT2D eigenvalue weighted by Crippen LogP contribution is 2.33. The van der Waals surface area contributed by atoms with E-state index in [1.807, 2.05) is 0 Å². The van der Waals surface area contributed by atoms with Gasteiger partial charge in [-0.2, -0.15) is 0 Å². The Morgan fingerprint density at radius 2 is 2.06 bits per heavy atom. The molecule has 0 saturated heterocycles. The van der Waals surface area contributed by atoms with Crippen LogP contribution in [-0.4, -0.2) is 18.6 Å². The molecule has 0 aliphatic heterocycles. The van der Waals surface area contributed by atoms with Crippen molar-refractivity contribution in [3.8, 4) is 0 Å². The molecule has 1 atom stereocenters. The van der Waals surface area contributed by atoms with E-state index in [0.717, 1.165) is 19.0 Å². The molecule has 0 bridgehead atoms. The molecule has 88 valence electrons. The average Bonchev–Trinajstić information content (AvgIpc) is 3.05. The summed E-state index contributed by atoms with van der Waals surface area (Å²) in [5, 5.41) is 0. The predicted molar refractivity (Wildman–Crippen MR) is 69.8 cm³/mol. The topological polar surface area (TPSA) is 29.3 Å². The summed E-state index contributed by atoms with van der Waals surface area (Å²) in [6.45, 7) is 5.41. The predicted octanol–water partition coefficient (Wildman–Crippen LogP) is 2.57. The molecule has 0 aromatic heterocycles. The smallest absolute Gasteiger partial charge is 0.0401 e. The Balaban J connectivity index is 2.23. The molecule has 16 heavy (non-hydrogen) atoms. The van der Waals surface area contributed by atoms with Crippen molar-refractivity contribution in [1.29, 1.82) is 0 Å². The van der Waals surface area contributed by atoms with Gasteiger partial charge in [0, 0.05) is 24.3 Å². The average molecular weight is 218 g/mol. The van der Waals surface area contributed by atoms with Gasteiger partial charge in [0.2, 0.25) is 0 Å². The van der Waals surface area contributed by atoms with E-state index in [9.17, 15) is 0 Å². The number of para-hydroxylation sites is 1. The van der Waals surface area contributed by atoms with E-state index >= 15 is 0 Å². The Bertz CT molecular complexity index is 342. The summed E-state index contributed by atoms with van der Waals surface area (Å²) >= 11 is 0. The summed E-state index contributed by atoms with van der Waals surface area (Å²) in [6, 6.07) is 9.70. The lowest BCUT2D eigenvalue weighted by atomic mass is 10.0. The highest BCUT2D eigenvalue weighted by Gasteiger charge is 2.29. The van der Waals surface area contributed by atoms with Crippen LogP contribution in [0.25, 0.3) is 0 Å². The monoisotopic (exact) mass is 218 g/mol. The lowest BCUT2D eigenvalue weighted by Gasteiger charge is -2.26. The molecular weight excluding hydrogens is 196 g/mol. The number of rotatable bonds is 5. The normalized spacial score (nSPS) is 17.2. The van der Waals surface area contributed by atoms with Gasteiger partial charge in [0.05, 0.1) is 0 Å². The molecule has 1 aromatic carbocycles. The maximum atomic E-state index is 5.91. The molecule has 2 N–H and O–H groups in total. The molecule has 0 spiro atoms. The first kappa shape index (κ1) is 11.5. The maximum absolute atomic E-state index is 5.91. The number of nitrogens with zero attached hydrogens (tertiary/aromatic N) is 1. The number of hydrogen-bond donors (Lipinski definition) is 1. The van der Waals surface area contributed by atoms with Gasteiger partial charge in [-0.3, -0.25) is 0 Å². The second-order valence-corrected chi connectivity index (χ2v) is 4.83. The van der Waals surface area contributed by atoms with E-state index < -0.39 is 0 Å². The van der Waals surface area contributed by atoms with Crippen LogP contribution in [0.3, 0.4) is 0 Å². The molecule has 0 radical (unpaired) electrons. The molecule has 0 heterocycles. The van der Waals surface area contributed by atoms with Crippen LogP contribution in [0, 0.1) is 0 Å². The molecule has 2 nitrogen and oxygen atoms in total. The summed E-state index contributed by atoms with van der Waals surface area (Å²) in [4.78, 5) is 2.53. The van der Waals surface area contributed by atoms with E-state index in [-0.39, 0.29) is 6.04 Å². The summed E-state index contributed by atoms with van der Waals surface area (Å²) in [6.07, 6.45) is 3.67. The lowest BCUT2D eigenvalue weighted by Crippen LogP contribution is -2.27. The summed E-state index contributed by atoms with van der Waals surface area (Å²) in [5.41, 5.74) is 8.70. The van der Waals surface area contributed by atoms with E-state index in [1.54, 1.807) is 0 Å². The fourth-order valence-corrected chi connectivity index (χ4v) is 2.32. The van der Waals surface area contributed by atoms with E-state index in [1.165, 1.54) is 24.1 Å². The highest BCUT2D eigenvalue weighted by molar-refractivity contribution is 5.55. The van der Waals surface area contributed by atoms with Gasteiger partial charge in [-0.25, -0.2) is 0 Å². The number of benzene rings is 1. The van der Waals surface area contributed by atoms with Crippen molar-refractivity contribution in [2.45, 2.75) is 45.2 Å². The Kier molecular flexibility index (Phi) is 3.49. The Morgan fingerprint density at radius 3 is 2.62 bits per heavy atom. The molecule has 2 rings (SSSR count). The lowest BCUT2D eigenvalue weighted by molar-refractivity contribution is 0.729. The van der Waals surface area contributed by atoms with Crippen molar-refractivity contribution < 1.29 is 0 Å². The maximum Gasteiger partial charge on any atom is 0.0401 e. The molecule has 1 aromatic rings. The van der Waals surface area contributed by atoms with E-state index in [4.69, 9.17) is 5.73 Å². The van der Waals surface area contributed by atoms with Gasteiger partial charge in [0.25, 0.3) is 0 Å². The molecule has 1 aliphatic rings. The van der Waals surface area contributed by atoms with Gasteiger partial charge in [-0.15, -0.1) is 0 Å². The van der Waals surface area contributed by atoms with Crippen molar-refractivity contribution in [1.82, 2.24) is 0 Å². The Labute approximate surface area is 98.4 Å². The van der Waals surface area contributed by atoms with Gasteiger partial charge in [-0.1, -0.05) is 18.2 Å². The number of nitrogens with two attached hydrogens (primary N) is 1. The molecule has 1 fully saturated rings. The van der Waals surface area contributed by atoms with E-state index in [2.05, 4.69) is 43.0 Å². The van der Waals surface area contributed by atoms with Crippen molar-refractivity contribution in [2.24, 2.45) is 5.73 Å². The van der Waals surface area contributed by atoms with Crippen molar-refractivity contribution in [3.63, 3.8) is 0 Å². The van der Waals surface area contributed by atoms with Crippen LogP contribution in [0.15, 0.2) is 24.3 Å². The number of hydrogen-bond acceptors (Lipinski definition) is 2. The second-order valence-electron chi connectivity index (χ2n) is 4.83. The summed E-state index contributed by atoms with van der Waals surface area (Å²) in [5.74, 6) is 0. The van der Waals surface area contributed by atoms with Gasteiger partial charge in [-0.05, 0) is 44.7 Å². The van der Waals surface area contributed by atoms with Crippen LogP contribution in [0.2, 0.25) is 0 Å². The Morgan fingerprint density at radius 1 is 1.38 bits per heavy atom. The third-order valence-electron chi connectivity index (χ3n) is 3.17. The third-order valence-corrected chi connectivity index (χ3v) is 3.17. The largest absolute Gasteiger partial charge is 0.369 e. The van der Waals surface area contributed by atoms with Gasteiger partial charge in [0.15, 0.2) is 0 Å². The molecule has 0 amide bonds. The van der Waals surface area contributed by atoms with Gasteiger partial charge < -0.3 is 10.6 Å². The first-order chi connectivity index (χ1) is 7.72. The summed E-state index contributed by atoms with van der Waals surface area (Å²) < 4.78 is 0. The van der Waals surface area contributed by atoms with Crippen LogP contribution in [-0.2, 0) is 6.42 Å². The molecular formula is C14H22N2. The zero-order valence-electron chi connectivity index (χ0n) is 10.3. The van der Waals surface area contributed by atoms with Crippen molar-refractivity contribution in [2.75, 3.05) is 11.4 Å². The minimum atomic E-state index is 0.235. The standard InChI is InChI=1S/C14H22N2/c1-3-16(13-8-9-13)14-7-5-4-6-12(14)10-11(2)15/h4-7,11,13H,3,8-10,15H2,1-2H3. The van der Waals surface area contributed by atoms with Crippen LogP contribution in [0.5, 0.6) is 0 Å². The summed E-state index contributed by atoms with van der Waals surface area (Å²) in [7, 11) is 0. The molecule has 1 unspecified atom stereocenters. The molecule has 1 aliphatic carbocycles. The Hall–Kier alpha value is -1.02. The van der Waals surface area contributed by atoms with Crippen LogP contribution >= 0.6 is 0 Å². The minimum absolute atomic E-state index is 0.235. The van der Waals surface area contributed by atoms with Crippen LogP contribution in [0.1, 0.15) is 32.3 Å². The van der Waals surface area contributed by atoms with Crippen LogP contribution in [0.4, 0.5) is 5.69 Å². The van der Waals surface area contributed by atoms with Crippen molar-refractivity contribution in [3.05, 3.63) is 29.8 Å². The zero-order valence-corrected chi connectivity index (χ0v) is 10.3. The highest BCUT2D eigenvalue weighted by atomic mass is 15.2. The fraction of sp³-hybridized carbons (Fsp3) is 0.571. The SMILES string of the molecule is CCN(c1ccccc1CC(C)N)C1CC1. The van der Waals surface area contributed by atoms with Crippen molar-refractivity contribution >= 4 is 5.69 Å².